The molecule has 0 radical (unpaired) electrons. The van der Waals surface area contributed by atoms with Crippen LogP contribution in [-0.2, 0) is 20.9 Å². The van der Waals surface area contributed by atoms with Crippen molar-refractivity contribution in [1.29, 1.82) is 0 Å². The Hall–Kier alpha value is -3.20. The number of halogens is 1. The zero-order valence-electron chi connectivity index (χ0n) is 19.0. The molecule has 0 bridgehead atoms. The Bertz CT molecular complexity index is 1120. The molecule has 1 atom stereocenters. The smallest absolute Gasteiger partial charge is 0.328 e. The first-order valence-electron chi connectivity index (χ1n) is 11.4. The van der Waals surface area contributed by atoms with Gasteiger partial charge in [-0.15, -0.1) is 10.2 Å². The number of amides is 1. The number of hydrogen-bond donors (Lipinski definition) is 0. The van der Waals surface area contributed by atoms with E-state index in [2.05, 4.69) is 10.2 Å². The highest BCUT2D eigenvalue weighted by Crippen LogP contribution is 2.27. The Morgan fingerprint density at radius 3 is 2.59 bits per heavy atom. The lowest BCUT2D eigenvalue weighted by Gasteiger charge is -2.33. The van der Waals surface area contributed by atoms with Crippen molar-refractivity contribution in [2.24, 2.45) is 0 Å². The Morgan fingerprint density at radius 2 is 1.85 bits per heavy atom. The van der Waals surface area contributed by atoms with E-state index in [0.29, 0.717) is 37.1 Å². The van der Waals surface area contributed by atoms with Gasteiger partial charge in [0.1, 0.15) is 11.9 Å². The molecule has 0 saturated carbocycles. The van der Waals surface area contributed by atoms with Crippen molar-refractivity contribution in [3.8, 4) is 11.4 Å². The van der Waals surface area contributed by atoms with Gasteiger partial charge in [-0.25, -0.2) is 9.18 Å². The predicted molar refractivity (Wildman–Crippen MR) is 128 cm³/mol. The summed E-state index contributed by atoms with van der Waals surface area (Å²) in [5, 5.41) is 9.26. The Balaban J connectivity index is 1.54. The van der Waals surface area contributed by atoms with Crippen molar-refractivity contribution in [2.45, 2.75) is 43.9 Å². The fourth-order valence-electron chi connectivity index (χ4n) is 4.04. The number of piperidine rings is 1. The lowest BCUT2D eigenvalue weighted by molar-refractivity contribution is -0.155. The molecule has 1 aromatic heterocycles. The standard InChI is InChI=1S/C25H27FN4O3S/c1-2-33-24(32)21-10-6-7-15-29(21)22(31)17-34-25-28-27-23(19-11-13-20(26)14-12-19)30(25)16-18-8-4-3-5-9-18/h3-5,8-9,11-14,21H,2,6-7,10,15-17H2,1H3/t21-/m1/s1. The summed E-state index contributed by atoms with van der Waals surface area (Å²) in [6.45, 7) is 3.11. The van der Waals surface area contributed by atoms with Gasteiger partial charge < -0.3 is 9.64 Å². The molecule has 0 aliphatic carbocycles. The normalized spacial score (nSPS) is 15.8. The van der Waals surface area contributed by atoms with Gasteiger partial charge in [-0.1, -0.05) is 42.1 Å². The summed E-state index contributed by atoms with van der Waals surface area (Å²) in [5.41, 5.74) is 1.79. The van der Waals surface area contributed by atoms with Crippen molar-refractivity contribution in [1.82, 2.24) is 19.7 Å². The molecule has 178 valence electrons. The van der Waals surface area contributed by atoms with Gasteiger partial charge in [-0.05, 0) is 56.0 Å². The van der Waals surface area contributed by atoms with Crippen molar-refractivity contribution < 1.29 is 18.7 Å². The number of benzene rings is 2. The molecule has 1 saturated heterocycles. The molecule has 1 fully saturated rings. The van der Waals surface area contributed by atoms with Gasteiger partial charge in [-0.2, -0.15) is 0 Å². The maximum Gasteiger partial charge on any atom is 0.328 e. The van der Waals surface area contributed by atoms with Gasteiger partial charge in [-0.3, -0.25) is 9.36 Å². The van der Waals surface area contributed by atoms with Crippen LogP contribution in [-0.4, -0.2) is 56.5 Å². The van der Waals surface area contributed by atoms with Gasteiger partial charge in [0.15, 0.2) is 11.0 Å². The molecule has 0 unspecified atom stereocenters. The largest absolute Gasteiger partial charge is 0.464 e. The molecule has 4 rings (SSSR count). The van der Waals surface area contributed by atoms with E-state index in [0.717, 1.165) is 24.0 Å². The number of likely N-dealkylation sites (tertiary alicyclic amines) is 1. The third kappa shape index (κ3) is 5.64. The molecule has 1 aliphatic rings. The highest BCUT2D eigenvalue weighted by molar-refractivity contribution is 7.99. The van der Waals surface area contributed by atoms with Crippen LogP contribution in [0.1, 0.15) is 31.7 Å². The van der Waals surface area contributed by atoms with E-state index in [1.165, 1.54) is 23.9 Å². The number of hydrogen-bond acceptors (Lipinski definition) is 6. The third-order valence-electron chi connectivity index (χ3n) is 5.71. The minimum absolute atomic E-state index is 0.125. The number of rotatable bonds is 8. The summed E-state index contributed by atoms with van der Waals surface area (Å²) in [6, 6.07) is 15.5. The molecule has 7 nitrogen and oxygen atoms in total. The van der Waals surface area contributed by atoms with E-state index >= 15 is 0 Å². The van der Waals surface area contributed by atoms with E-state index in [4.69, 9.17) is 4.74 Å². The summed E-state index contributed by atoms with van der Waals surface area (Å²) in [7, 11) is 0. The first-order chi connectivity index (χ1) is 16.6. The van der Waals surface area contributed by atoms with Gasteiger partial charge in [0.2, 0.25) is 5.91 Å². The lowest BCUT2D eigenvalue weighted by atomic mass is 10.0. The van der Waals surface area contributed by atoms with E-state index in [1.54, 1.807) is 24.0 Å². The van der Waals surface area contributed by atoms with Gasteiger partial charge in [0, 0.05) is 12.1 Å². The van der Waals surface area contributed by atoms with Crippen LogP contribution in [0.2, 0.25) is 0 Å². The molecule has 34 heavy (non-hydrogen) atoms. The Kier molecular flexibility index (Phi) is 7.95. The number of aromatic nitrogens is 3. The number of carbonyl (C=O) groups excluding carboxylic acids is 2. The van der Waals surface area contributed by atoms with E-state index in [1.807, 2.05) is 34.9 Å². The fourth-order valence-corrected chi connectivity index (χ4v) is 4.86. The summed E-state index contributed by atoms with van der Waals surface area (Å²) in [5.74, 6) is -0.0599. The first kappa shape index (κ1) is 23.9. The molecule has 2 heterocycles. The van der Waals surface area contributed by atoms with Crippen molar-refractivity contribution >= 4 is 23.6 Å². The number of ether oxygens (including phenoxy) is 1. The molecular formula is C25H27FN4O3S. The molecule has 0 spiro atoms. The van der Waals surface area contributed by atoms with Crippen molar-refractivity contribution in [2.75, 3.05) is 18.9 Å². The maximum absolute atomic E-state index is 13.5. The molecule has 1 amide bonds. The average Bonchev–Trinajstić information content (AvgIpc) is 3.26. The Labute approximate surface area is 202 Å². The molecule has 1 aliphatic heterocycles. The number of carbonyl (C=O) groups is 2. The van der Waals surface area contributed by atoms with Crippen LogP contribution in [0, 0.1) is 5.82 Å². The van der Waals surface area contributed by atoms with Crippen LogP contribution in [0.5, 0.6) is 0 Å². The number of esters is 1. The second-order valence-corrected chi connectivity index (χ2v) is 8.97. The third-order valence-corrected chi connectivity index (χ3v) is 6.66. The predicted octanol–water partition coefficient (Wildman–Crippen LogP) is 4.17. The van der Waals surface area contributed by atoms with Gasteiger partial charge in [0.05, 0.1) is 18.9 Å². The topological polar surface area (TPSA) is 77.3 Å². The quantitative estimate of drug-likeness (QED) is 0.354. The van der Waals surface area contributed by atoms with Crippen LogP contribution in [0.4, 0.5) is 4.39 Å². The molecule has 9 heteroatoms. The highest BCUT2D eigenvalue weighted by Gasteiger charge is 2.33. The lowest BCUT2D eigenvalue weighted by Crippen LogP contribution is -2.49. The van der Waals surface area contributed by atoms with Crippen LogP contribution >= 0.6 is 11.8 Å². The summed E-state index contributed by atoms with van der Waals surface area (Å²) in [4.78, 5) is 27.1. The first-order valence-corrected chi connectivity index (χ1v) is 12.4. The number of thioether (sulfide) groups is 1. The molecule has 0 N–H and O–H groups in total. The summed E-state index contributed by atoms with van der Waals surface area (Å²) >= 11 is 1.29. The van der Waals surface area contributed by atoms with Crippen LogP contribution in [0.25, 0.3) is 11.4 Å². The van der Waals surface area contributed by atoms with E-state index < -0.39 is 6.04 Å². The zero-order valence-corrected chi connectivity index (χ0v) is 19.8. The van der Waals surface area contributed by atoms with Gasteiger partial charge in [0.25, 0.3) is 0 Å². The second-order valence-electron chi connectivity index (χ2n) is 8.02. The minimum atomic E-state index is -0.529. The van der Waals surface area contributed by atoms with Crippen molar-refractivity contribution in [3.05, 3.63) is 66.0 Å². The zero-order chi connectivity index (χ0) is 23.9. The SMILES string of the molecule is CCOC(=O)[C@H]1CCCCN1C(=O)CSc1nnc(-c2ccc(F)cc2)n1Cc1ccccc1. The molecular weight excluding hydrogens is 455 g/mol. The summed E-state index contributed by atoms with van der Waals surface area (Å²) < 4.78 is 20.6. The fraction of sp³-hybridized carbons (Fsp3) is 0.360. The van der Waals surface area contributed by atoms with E-state index in [-0.39, 0.29) is 23.4 Å². The minimum Gasteiger partial charge on any atom is -0.464 e. The van der Waals surface area contributed by atoms with Gasteiger partial charge >= 0.3 is 5.97 Å². The van der Waals surface area contributed by atoms with Crippen LogP contribution in [0.3, 0.4) is 0 Å². The maximum atomic E-state index is 13.5. The Morgan fingerprint density at radius 1 is 1.09 bits per heavy atom. The van der Waals surface area contributed by atoms with E-state index in [9.17, 15) is 14.0 Å². The highest BCUT2D eigenvalue weighted by atomic mass is 32.2. The van der Waals surface area contributed by atoms with Crippen LogP contribution in [0.15, 0.2) is 59.8 Å². The van der Waals surface area contributed by atoms with Crippen molar-refractivity contribution in [3.63, 3.8) is 0 Å². The summed E-state index contributed by atoms with van der Waals surface area (Å²) in [6.07, 6.45) is 2.38. The van der Waals surface area contributed by atoms with Crippen LogP contribution < -0.4 is 0 Å². The number of nitrogens with zero attached hydrogens (tertiary/aromatic N) is 4. The average molecular weight is 483 g/mol. The monoisotopic (exact) mass is 482 g/mol. The molecule has 2 aromatic carbocycles. The second kappa shape index (κ2) is 11.3. The molecule has 3 aromatic rings.